The van der Waals surface area contributed by atoms with Crippen LogP contribution in [-0.2, 0) is 31.2 Å². The second kappa shape index (κ2) is 11.8. The molecule has 1 N–H and O–H groups in total. The third-order valence-electron chi connectivity index (χ3n) is 4.73. The van der Waals surface area contributed by atoms with E-state index in [4.69, 9.17) is 9.73 Å². The van der Waals surface area contributed by atoms with Crippen LogP contribution in [0.4, 0.5) is 0 Å². The lowest BCUT2D eigenvalue weighted by Gasteiger charge is -2.22. The Morgan fingerprint density at radius 1 is 1.31 bits per heavy atom. The molecule has 1 aromatic heterocycles. The van der Waals surface area contributed by atoms with Crippen LogP contribution in [0.3, 0.4) is 0 Å². The summed E-state index contributed by atoms with van der Waals surface area (Å²) in [5.74, 6) is 1.75. The Hall–Kier alpha value is -0.830. The number of halogens is 1. The Kier molecular flexibility index (Phi) is 10.5. The highest BCUT2D eigenvalue weighted by molar-refractivity contribution is 14.0. The average molecular weight is 477 g/mol. The smallest absolute Gasteiger partial charge is 0.194 e. The number of aryl methyl sites for hydroxylation is 2. The summed E-state index contributed by atoms with van der Waals surface area (Å²) in [6.07, 6.45) is 4.60. The lowest BCUT2D eigenvalue weighted by atomic mass is 10.1. The zero-order valence-corrected chi connectivity index (χ0v) is 19.4. The van der Waals surface area contributed by atoms with Crippen LogP contribution >= 0.6 is 24.0 Å². The van der Waals surface area contributed by atoms with Gasteiger partial charge in [0.05, 0.1) is 18.8 Å². The largest absolute Gasteiger partial charge is 0.379 e. The van der Waals surface area contributed by atoms with Gasteiger partial charge in [0.2, 0.25) is 0 Å². The number of aliphatic imine (C=N–C) groups is 1. The molecule has 0 saturated heterocycles. The quantitative estimate of drug-likeness (QED) is 0.244. The fraction of sp³-hybridized carbons (Fsp3) is 0.789. The standard InChI is InChI=1S/C19H35N5O.HI/c1-6-17-16(18(7-2)24(5)22-17)13-21-19(20-8-3)23(4)11-12-25-14-15-9-10-15;/h15H,6-14H2,1-5H3,(H,20,21);1H. The maximum atomic E-state index is 5.76. The molecule has 0 amide bonds. The first-order valence-corrected chi connectivity index (χ1v) is 9.71. The average Bonchev–Trinajstić information content (AvgIpc) is 3.37. The van der Waals surface area contributed by atoms with Crippen molar-refractivity contribution in [2.75, 3.05) is 33.4 Å². The van der Waals surface area contributed by atoms with E-state index in [0.717, 1.165) is 56.7 Å². The van der Waals surface area contributed by atoms with E-state index in [1.807, 2.05) is 11.7 Å². The molecule has 0 spiro atoms. The van der Waals surface area contributed by atoms with E-state index in [-0.39, 0.29) is 24.0 Å². The van der Waals surface area contributed by atoms with Gasteiger partial charge in [-0.05, 0) is 38.5 Å². The van der Waals surface area contributed by atoms with Gasteiger partial charge in [0.1, 0.15) is 0 Å². The van der Waals surface area contributed by atoms with Crippen LogP contribution in [0.25, 0.3) is 0 Å². The van der Waals surface area contributed by atoms with E-state index in [2.05, 4.69) is 43.1 Å². The van der Waals surface area contributed by atoms with Crippen molar-refractivity contribution in [3.8, 4) is 0 Å². The molecule has 7 heteroatoms. The van der Waals surface area contributed by atoms with Crippen LogP contribution in [0.15, 0.2) is 4.99 Å². The summed E-state index contributed by atoms with van der Waals surface area (Å²) in [5, 5.41) is 8.03. The van der Waals surface area contributed by atoms with Gasteiger partial charge in [-0.25, -0.2) is 4.99 Å². The molecule has 1 aliphatic rings. The molecule has 6 nitrogen and oxygen atoms in total. The van der Waals surface area contributed by atoms with Gasteiger partial charge >= 0.3 is 0 Å². The number of hydrogen-bond acceptors (Lipinski definition) is 3. The highest BCUT2D eigenvalue weighted by Crippen LogP contribution is 2.28. The lowest BCUT2D eigenvalue weighted by molar-refractivity contribution is 0.115. The molecule has 1 fully saturated rings. The summed E-state index contributed by atoms with van der Waals surface area (Å²) in [4.78, 5) is 7.02. The molecule has 0 unspecified atom stereocenters. The molecule has 150 valence electrons. The van der Waals surface area contributed by atoms with Crippen LogP contribution in [0, 0.1) is 5.92 Å². The van der Waals surface area contributed by atoms with Crippen molar-refractivity contribution in [1.82, 2.24) is 20.0 Å². The second-order valence-electron chi connectivity index (χ2n) is 6.81. The predicted octanol–water partition coefficient (Wildman–Crippen LogP) is 2.99. The van der Waals surface area contributed by atoms with Gasteiger partial charge in [0, 0.05) is 45.0 Å². The van der Waals surface area contributed by atoms with Crippen molar-refractivity contribution in [1.29, 1.82) is 0 Å². The first kappa shape index (κ1) is 23.2. The zero-order chi connectivity index (χ0) is 18.2. The summed E-state index contributed by atoms with van der Waals surface area (Å²) < 4.78 is 7.76. The molecule has 26 heavy (non-hydrogen) atoms. The van der Waals surface area contributed by atoms with Crippen molar-refractivity contribution in [3.05, 3.63) is 17.0 Å². The number of hydrogen-bond donors (Lipinski definition) is 1. The first-order chi connectivity index (χ1) is 12.1. The van der Waals surface area contributed by atoms with Crippen LogP contribution < -0.4 is 5.32 Å². The van der Waals surface area contributed by atoms with Gasteiger partial charge in [0.25, 0.3) is 0 Å². The minimum Gasteiger partial charge on any atom is -0.379 e. The minimum atomic E-state index is 0. The van der Waals surface area contributed by atoms with Crippen LogP contribution in [0.2, 0.25) is 0 Å². The lowest BCUT2D eigenvalue weighted by Crippen LogP contribution is -2.40. The number of nitrogens with one attached hydrogen (secondary N) is 1. The molecule has 0 aliphatic heterocycles. The molecule has 0 atom stereocenters. The zero-order valence-electron chi connectivity index (χ0n) is 17.0. The summed E-state index contributed by atoms with van der Waals surface area (Å²) in [7, 11) is 4.10. The Morgan fingerprint density at radius 2 is 2.04 bits per heavy atom. The topological polar surface area (TPSA) is 54.7 Å². The van der Waals surface area contributed by atoms with E-state index in [0.29, 0.717) is 6.54 Å². The van der Waals surface area contributed by atoms with Crippen molar-refractivity contribution < 1.29 is 4.74 Å². The maximum absolute atomic E-state index is 5.76. The molecular formula is C19H36IN5O. The molecule has 0 bridgehead atoms. The molecule has 1 aliphatic carbocycles. The number of rotatable bonds is 10. The fourth-order valence-electron chi connectivity index (χ4n) is 3.04. The summed E-state index contributed by atoms with van der Waals surface area (Å²) in [5.41, 5.74) is 3.72. The highest BCUT2D eigenvalue weighted by atomic mass is 127. The van der Waals surface area contributed by atoms with Gasteiger partial charge in [-0.1, -0.05) is 13.8 Å². The van der Waals surface area contributed by atoms with E-state index in [9.17, 15) is 0 Å². The Morgan fingerprint density at radius 3 is 2.62 bits per heavy atom. The van der Waals surface area contributed by atoms with E-state index in [1.165, 1.54) is 24.1 Å². The Bertz CT molecular complexity index is 569. The number of nitrogens with zero attached hydrogens (tertiary/aromatic N) is 4. The van der Waals surface area contributed by atoms with Gasteiger partial charge in [-0.3, -0.25) is 4.68 Å². The van der Waals surface area contributed by atoms with Crippen LogP contribution in [0.5, 0.6) is 0 Å². The third-order valence-corrected chi connectivity index (χ3v) is 4.73. The molecule has 1 heterocycles. The minimum absolute atomic E-state index is 0. The van der Waals surface area contributed by atoms with Crippen LogP contribution in [-0.4, -0.2) is 54.0 Å². The highest BCUT2D eigenvalue weighted by Gasteiger charge is 2.21. The fourth-order valence-corrected chi connectivity index (χ4v) is 3.04. The van der Waals surface area contributed by atoms with Crippen LogP contribution in [0.1, 0.15) is 50.6 Å². The Labute approximate surface area is 175 Å². The monoisotopic (exact) mass is 477 g/mol. The SMILES string of the molecule is CCNC(=NCc1c(CC)nn(C)c1CC)N(C)CCOCC1CC1.I. The van der Waals surface area contributed by atoms with Crippen molar-refractivity contribution in [2.45, 2.75) is 53.0 Å². The van der Waals surface area contributed by atoms with E-state index < -0.39 is 0 Å². The van der Waals surface area contributed by atoms with Gasteiger partial charge in [-0.15, -0.1) is 24.0 Å². The molecule has 0 aromatic carbocycles. The number of guanidine groups is 1. The van der Waals surface area contributed by atoms with Crippen molar-refractivity contribution in [2.24, 2.45) is 18.0 Å². The van der Waals surface area contributed by atoms with E-state index >= 15 is 0 Å². The summed E-state index contributed by atoms with van der Waals surface area (Å²) >= 11 is 0. The summed E-state index contributed by atoms with van der Waals surface area (Å²) in [6.45, 7) is 10.5. The molecule has 1 aromatic rings. The van der Waals surface area contributed by atoms with Gasteiger partial charge in [-0.2, -0.15) is 5.10 Å². The van der Waals surface area contributed by atoms with Gasteiger partial charge in [0.15, 0.2) is 5.96 Å². The molecular weight excluding hydrogens is 441 g/mol. The number of ether oxygens (including phenoxy) is 1. The first-order valence-electron chi connectivity index (χ1n) is 9.71. The third kappa shape index (κ3) is 6.72. The van der Waals surface area contributed by atoms with Gasteiger partial charge < -0.3 is 15.0 Å². The molecule has 0 radical (unpaired) electrons. The Balaban J connectivity index is 0.00000338. The molecule has 1 saturated carbocycles. The molecule has 2 rings (SSSR count). The van der Waals surface area contributed by atoms with Crippen molar-refractivity contribution in [3.63, 3.8) is 0 Å². The van der Waals surface area contributed by atoms with E-state index in [1.54, 1.807) is 0 Å². The normalized spacial score (nSPS) is 14.3. The number of aromatic nitrogens is 2. The van der Waals surface area contributed by atoms with Crippen molar-refractivity contribution >= 4 is 29.9 Å². The predicted molar refractivity (Wildman–Crippen MR) is 118 cm³/mol. The number of likely N-dealkylation sites (N-methyl/N-ethyl adjacent to an activating group) is 1. The second-order valence-corrected chi connectivity index (χ2v) is 6.81. The maximum Gasteiger partial charge on any atom is 0.194 e. The summed E-state index contributed by atoms with van der Waals surface area (Å²) in [6, 6.07) is 0.